The van der Waals surface area contributed by atoms with Crippen LogP contribution in [0.15, 0.2) is 17.8 Å². The first kappa shape index (κ1) is 31.9. The smallest absolute Gasteiger partial charge is 0.323 e. The number of unbranched alkanes of at least 4 members (excludes halogenated alkanes) is 2. The summed E-state index contributed by atoms with van der Waals surface area (Å²) in [6.45, 7) is 15.4. The molecule has 0 spiro atoms. The summed E-state index contributed by atoms with van der Waals surface area (Å²) >= 11 is 0. The lowest BCUT2D eigenvalue weighted by Crippen LogP contribution is -2.33. The van der Waals surface area contributed by atoms with Crippen molar-refractivity contribution in [2.45, 2.75) is 99.3 Å². The molecule has 0 saturated heterocycles. The Labute approximate surface area is 228 Å². The normalized spacial score (nSPS) is 14.0. The summed E-state index contributed by atoms with van der Waals surface area (Å²) in [4.78, 5) is 25.1. The van der Waals surface area contributed by atoms with Gasteiger partial charge in [-0.1, -0.05) is 52.6 Å². The first-order valence-corrected chi connectivity index (χ1v) is 15.0. The topological polar surface area (TPSA) is 139 Å². The van der Waals surface area contributed by atoms with Gasteiger partial charge in [0.15, 0.2) is 11.5 Å². The fraction of sp³-hybridized carbons (Fsp3) is 0.731. The van der Waals surface area contributed by atoms with E-state index in [0.29, 0.717) is 42.0 Å². The number of rotatable bonds is 18. The Bertz CT molecular complexity index is 1000. The van der Waals surface area contributed by atoms with Gasteiger partial charge in [-0.15, -0.1) is 0 Å². The summed E-state index contributed by atoms with van der Waals surface area (Å²) < 4.78 is 19.4. The first-order chi connectivity index (χ1) is 18.1. The number of nitrogens with zero attached hydrogens (tertiary/aromatic N) is 5. The third-order valence-corrected chi connectivity index (χ3v) is 6.94. The second-order valence-electron chi connectivity index (χ2n) is 10.5. The third kappa shape index (κ3) is 11.2. The number of aromatic nitrogens is 4. The highest BCUT2D eigenvalue weighted by Crippen LogP contribution is 2.34. The van der Waals surface area contributed by atoms with Crippen LogP contribution < -0.4 is 10.8 Å². The van der Waals surface area contributed by atoms with Crippen molar-refractivity contribution in [1.82, 2.24) is 24.6 Å². The van der Waals surface area contributed by atoms with Crippen molar-refractivity contribution in [3.63, 3.8) is 0 Å². The fourth-order valence-electron chi connectivity index (χ4n) is 3.77. The number of hydrogen-bond donors (Lipinski definition) is 2. The number of imidazole rings is 1. The van der Waals surface area contributed by atoms with Crippen molar-refractivity contribution in [2.75, 3.05) is 18.7 Å². The average molecular weight is 552 g/mol. The maximum Gasteiger partial charge on any atom is 0.323 e. The van der Waals surface area contributed by atoms with Gasteiger partial charge in [0.05, 0.1) is 31.3 Å². The van der Waals surface area contributed by atoms with Crippen LogP contribution in [0.5, 0.6) is 0 Å². The van der Waals surface area contributed by atoms with E-state index in [1.165, 1.54) is 6.33 Å². The Kier molecular flexibility index (Phi) is 13.9. The molecular weight excluding hydrogens is 505 g/mol. The molecule has 2 rings (SSSR count). The van der Waals surface area contributed by atoms with Gasteiger partial charge in [-0.2, -0.15) is 0 Å². The Balaban J connectivity index is 2.05. The zero-order valence-electron chi connectivity index (χ0n) is 24.0. The molecule has 214 valence electrons. The van der Waals surface area contributed by atoms with Gasteiger partial charge in [0.25, 0.3) is 0 Å². The molecule has 3 N–H and O–H groups in total. The monoisotopic (exact) mass is 551 g/mol. The summed E-state index contributed by atoms with van der Waals surface area (Å²) in [7, 11) is -1.40. The average Bonchev–Trinajstić information content (AvgIpc) is 3.26. The van der Waals surface area contributed by atoms with Gasteiger partial charge < -0.3 is 24.4 Å². The van der Waals surface area contributed by atoms with Crippen LogP contribution in [0.1, 0.15) is 80.6 Å². The quantitative estimate of drug-likeness (QED) is 0.0835. The molecule has 0 bridgehead atoms. The van der Waals surface area contributed by atoms with Gasteiger partial charge in [-0.25, -0.2) is 20.0 Å². The van der Waals surface area contributed by atoms with E-state index in [9.17, 15) is 4.79 Å². The van der Waals surface area contributed by atoms with Gasteiger partial charge in [-0.05, 0) is 44.9 Å². The minimum absolute atomic E-state index is 0.190. The zero-order valence-corrected chi connectivity index (χ0v) is 24.9. The number of ether oxygens (including phenoxy) is 2. The van der Waals surface area contributed by atoms with E-state index in [4.69, 9.17) is 19.8 Å². The molecule has 2 aromatic heterocycles. The number of nitrogen functional groups attached to an aromatic ring is 1. The van der Waals surface area contributed by atoms with E-state index in [1.807, 2.05) is 11.5 Å². The van der Waals surface area contributed by atoms with Crippen LogP contribution in [-0.2, 0) is 25.4 Å². The maximum absolute atomic E-state index is 12.5. The van der Waals surface area contributed by atoms with Crippen LogP contribution in [0.4, 0.5) is 5.82 Å². The van der Waals surface area contributed by atoms with E-state index in [1.54, 1.807) is 13.3 Å². The molecule has 11 nitrogen and oxygen atoms in total. The maximum atomic E-state index is 12.5. The summed E-state index contributed by atoms with van der Waals surface area (Å²) in [5, 5.41) is 7.76. The summed E-state index contributed by atoms with van der Waals surface area (Å²) in [6.07, 6.45) is 7.83. The van der Waals surface area contributed by atoms with Gasteiger partial charge in [0.2, 0.25) is 8.30 Å². The molecule has 3 atom stereocenters. The first-order valence-electron chi connectivity index (χ1n) is 13.6. The Hall–Kier alpha value is -2.36. The molecule has 0 aliphatic heterocycles. The largest absolute Gasteiger partial charge is 0.465 e. The Morgan fingerprint density at radius 2 is 1.82 bits per heavy atom. The van der Waals surface area contributed by atoms with Crippen LogP contribution in [0.25, 0.3) is 11.2 Å². The molecule has 2 aromatic rings. The molecule has 0 saturated carbocycles. The zero-order chi connectivity index (χ0) is 28.1. The number of fused-ring (bicyclic) bond motifs is 1. The lowest BCUT2D eigenvalue weighted by molar-refractivity contribution is -0.145. The van der Waals surface area contributed by atoms with Crippen LogP contribution >= 0.6 is 8.30 Å². The second-order valence-corrected chi connectivity index (χ2v) is 11.9. The van der Waals surface area contributed by atoms with Crippen molar-refractivity contribution in [3.05, 3.63) is 12.7 Å². The molecule has 0 aliphatic carbocycles. The molecule has 0 aromatic carbocycles. The standard InChI is InChI=1S/C26H46N7O4P/c1-8-9-10-11-35-26(34)21(7)32-38(37-31-22(12-18(2)3)13-19(4)5)17-36-20(6)14-33-16-30-23-24(27)28-15-29-25(23)33/h15-16,18-21,32H,8-14,17H2,1-7H3,(H2,27,28,29)/t20-,21+,38?/m1/s1. The van der Waals surface area contributed by atoms with Crippen LogP contribution in [-0.4, -0.2) is 56.3 Å². The van der Waals surface area contributed by atoms with Gasteiger partial charge in [0, 0.05) is 0 Å². The fourth-order valence-corrected chi connectivity index (χ4v) is 5.08. The number of carbonyl (C=O) groups excluding carboxylic acids is 1. The number of anilines is 1. The lowest BCUT2D eigenvalue weighted by atomic mass is 9.99. The van der Waals surface area contributed by atoms with Crippen molar-refractivity contribution in [1.29, 1.82) is 0 Å². The Morgan fingerprint density at radius 3 is 2.47 bits per heavy atom. The molecule has 2 heterocycles. The van der Waals surface area contributed by atoms with Gasteiger partial charge in [0.1, 0.15) is 24.2 Å². The molecule has 0 fully saturated rings. The van der Waals surface area contributed by atoms with Gasteiger partial charge in [-0.3, -0.25) is 4.79 Å². The molecule has 0 radical (unpaired) electrons. The van der Waals surface area contributed by atoms with Crippen molar-refractivity contribution in [3.8, 4) is 0 Å². The molecule has 1 unspecified atom stereocenters. The predicted molar refractivity (Wildman–Crippen MR) is 153 cm³/mol. The van der Waals surface area contributed by atoms with E-state index in [0.717, 1.165) is 37.8 Å². The highest BCUT2D eigenvalue weighted by molar-refractivity contribution is 7.50. The summed E-state index contributed by atoms with van der Waals surface area (Å²) in [5.41, 5.74) is 8.13. The number of hydrogen-bond acceptors (Lipinski definition) is 10. The van der Waals surface area contributed by atoms with Crippen molar-refractivity contribution < 1.29 is 18.9 Å². The van der Waals surface area contributed by atoms with E-state index in [2.05, 4.69) is 59.8 Å². The van der Waals surface area contributed by atoms with Crippen molar-refractivity contribution >= 4 is 37.0 Å². The van der Waals surface area contributed by atoms with E-state index < -0.39 is 14.3 Å². The molecular formula is C26H46N7O4P. The number of oxime groups is 1. The number of carbonyl (C=O) groups is 1. The number of esters is 1. The van der Waals surface area contributed by atoms with Crippen molar-refractivity contribution in [2.24, 2.45) is 17.0 Å². The molecule has 0 amide bonds. The highest BCUT2D eigenvalue weighted by atomic mass is 31.2. The lowest BCUT2D eigenvalue weighted by Gasteiger charge is -2.22. The van der Waals surface area contributed by atoms with Crippen LogP contribution in [0.2, 0.25) is 0 Å². The summed E-state index contributed by atoms with van der Waals surface area (Å²) in [5.74, 6) is 0.967. The predicted octanol–water partition coefficient (Wildman–Crippen LogP) is 5.26. The van der Waals surface area contributed by atoms with E-state index in [-0.39, 0.29) is 18.4 Å². The SMILES string of the molecule is CCCCCOC(=O)[C@H](C)NP(CO[C@H](C)Cn1cnc2c(N)ncnc21)ON=C(CC(C)C)CC(C)C. The summed E-state index contributed by atoms with van der Waals surface area (Å²) in [6, 6.07) is -0.548. The van der Waals surface area contributed by atoms with E-state index >= 15 is 0 Å². The minimum atomic E-state index is -1.40. The highest BCUT2D eigenvalue weighted by Gasteiger charge is 2.23. The molecule has 12 heteroatoms. The number of nitrogens with one attached hydrogen (secondary N) is 1. The Morgan fingerprint density at radius 1 is 1.11 bits per heavy atom. The minimum Gasteiger partial charge on any atom is -0.465 e. The third-order valence-electron chi connectivity index (χ3n) is 5.60. The second kappa shape index (κ2) is 16.6. The van der Waals surface area contributed by atoms with Gasteiger partial charge >= 0.3 is 5.97 Å². The van der Waals surface area contributed by atoms with Crippen LogP contribution in [0.3, 0.4) is 0 Å². The molecule has 0 aliphatic rings. The number of nitrogens with two attached hydrogens (primary N) is 1. The molecule has 38 heavy (non-hydrogen) atoms. The van der Waals surface area contributed by atoms with Crippen LogP contribution in [0, 0.1) is 11.8 Å².